The summed E-state index contributed by atoms with van der Waals surface area (Å²) < 4.78 is 0. The van der Waals surface area contributed by atoms with E-state index in [9.17, 15) is 4.79 Å². The average molecular weight is 356 g/mol. The summed E-state index contributed by atoms with van der Waals surface area (Å²) >= 11 is 0. The van der Waals surface area contributed by atoms with Gasteiger partial charge >= 0.3 is 0 Å². The van der Waals surface area contributed by atoms with Gasteiger partial charge in [0, 0.05) is 16.8 Å². The van der Waals surface area contributed by atoms with Crippen molar-refractivity contribution >= 4 is 40.2 Å². The summed E-state index contributed by atoms with van der Waals surface area (Å²) in [5, 5.41) is 0. The van der Waals surface area contributed by atoms with Gasteiger partial charge in [0.25, 0.3) is 0 Å². The molecule has 0 saturated heterocycles. The Balaban J connectivity index is -0.000000333. The number of allylic oxidation sites excluding steroid dienone is 4. The SMILES string of the molecule is Br.Br.O=[C-]C1=CC=CCCCC1.[Co]. The molecule has 0 spiro atoms. The summed E-state index contributed by atoms with van der Waals surface area (Å²) in [5.74, 6) is 0. The number of hydrogen-bond acceptors (Lipinski definition) is 1. The van der Waals surface area contributed by atoms with Crippen molar-refractivity contribution in [1.82, 2.24) is 0 Å². The minimum atomic E-state index is 0. The van der Waals surface area contributed by atoms with Crippen molar-refractivity contribution in [3.8, 4) is 0 Å². The number of carbonyl (C=O) groups excluding carboxylic acids is 1. The van der Waals surface area contributed by atoms with Crippen LogP contribution in [0.5, 0.6) is 0 Å². The quantitative estimate of drug-likeness (QED) is 0.659. The van der Waals surface area contributed by atoms with Crippen LogP contribution in [-0.2, 0) is 21.6 Å². The molecule has 0 unspecified atom stereocenters. The van der Waals surface area contributed by atoms with Crippen LogP contribution in [0.3, 0.4) is 0 Å². The monoisotopic (exact) mass is 354 g/mol. The maximum Gasteiger partial charge on any atom is 0 e. The topological polar surface area (TPSA) is 17.1 Å². The second-order valence-corrected chi connectivity index (χ2v) is 2.47. The molecule has 4 heteroatoms. The molecule has 0 atom stereocenters. The molecule has 0 saturated carbocycles. The van der Waals surface area contributed by atoms with Crippen molar-refractivity contribution in [3.05, 3.63) is 23.8 Å². The van der Waals surface area contributed by atoms with E-state index in [4.69, 9.17) is 0 Å². The first-order chi connectivity index (χ1) is 4.93. The molecule has 0 aromatic carbocycles. The zero-order valence-corrected chi connectivity index (χ0v) is 11.6. The van der Waals surface area contributed by atoms with Gasteiger partial charge in [0.15, 0.2) is 0 Å². The fourth-order valence-corrected chi connectivity index (χ4v) is 1.03. The van der Waals surface area contributed by atoms with E-state index in [1.807, 2.05) is 18.4 Å². The van der Waals surface area contributed by atoms with E-state index in [0.717, 1.165) is 24.8 Å². The molecule has 1 aliphatic carbocycles. The zero-order valence-electron chi connectivity index (χ0n) is 7.12. The number of rotatable bonds is 1. The first-order valence-electron chi connectivity index (χ1n) is 3.67. The summed E-state index contributed by atoms with van der Waals surface area (Å²) in [6.45, 7) is 0. The molecule has 0 aromatic rings. The molecule has 0 fully saturated rings. The molecule has 0 aromatic heterocycles. The van der Waals surface area contributed by atoms with Crippen LogP contribution < -0.4 is 0 Å². The normalized spacial score (nSPS) is 14.6. The van der Waals surface area contributed by atoms with Crippen molar-refractivity contribution in [2.75, 3.05) is 0 Å². The largest absolute Gasteiger partial charge is 0.419 e. The Labute approximate surface area is 111 Å². The van der Waals surface area contributed by atoms with E-state index >= 15 is 0 Å². The number of halogens is 2. The van der Waals surface area contributed by atoms with Crippen LogP contribution in [0.2, 0.25) is 0 Å². The van der Waals surface area contributed by atoms with Crippen molar-refractivity contribution in [1.29, 1.82) is 0 Å². The second-order valence-electron chi connectivity index (χ2n) is 2.47. The third-order valence-corrected chi connectivity index (χ3v) is 1.63. The van der Waals surface area contributed by atoms with Gasteiger partial charge in [-0.1, -0.05) is 12.8 Å². The maximum atomic E-state index is 10.2. The van der Waals surface area contributed by atoms with Gasteiger partial charge in [-0.15, -0.1) is 46.1 Å². The fourth-order valence-electron chi connectivity index (χ4n) is 1.03. The van der Waals surface area contributed by atoms with Gasteiger partial charge in [0.05, 0.1) is 0 Å². The molecule has 0 amide bonds. The van der Waals surface area contributed by atoms with E-state index in [1.54, 1.807) is 0 Å². The maximum absolute atomic E-state index is 10.2. The Morgan fingerprint density at radius 3 is 2.54 bits per heavy atom. The van der Waals surface area contributed by atoms with Crippen LogP contribution in [0.15, 0.2) is 23.8 Å². The van der Waals surface area contributed by atoms with E-state index in [-0.39, 0.29) is 50.7 Å². The van der Waals surface area contributed by atoms with Crippen molar-refractivity contribution in [2.45, 2.75) is 25.7 Å². The minimum Gasteiger partial charge on any atom is -0.419 e. The molecule has 1 aliphatic rings. The summed E-state index contributed by atoms with van der Waals surface area (Å²) in [5.41, 5.74) is 0.802. The smallest absolute Gasteiger partial charge is 0 e. The van der Waals surface area contributed by atoms with Crippen molar-refractivity contribution in [2.24, 2.45) is 0 Å². The van der Waals surface area contributed by atoms with Gasteiger partial charge in [0.1, 0.15) is 0 Å². The zero-order chi connectivity index (χ0) is 7.23. The van der Waals surface area contributed by atoms with Crippen molar-refractivity contribution < 1.29 is 21.6 Å². The summed E-state index contributed by atoms with van der Waals surface area (Å²) in [7, 11) is 0. The van der Waals surface area contributed by atoms with Gasteiger partial charge in [-0.05, 0) is 19.1 Å². The molecule has 0 aliphatic heterocycles. The fraction of sp³-hybridized carbons (Fsp3) is 0.444. The van der Waals surface area contributed by atoms with Gasteiger partial charge in [-0.3, -0.25) is 0 Å². The number of hydrogen-bond donors (Lipinski definition) is 0. The molecule has 1 nitrogen and oxygen atoms in total. The van der Waals surface area contributed by atoms with Crippen molar-refractivity contribution in [3.63, 3.8) is 0 Å². The summed E-state index contributed by atoms with van der Waals surface area (Å²) in [6.07, 6.45) is 12.2. The van der Waals surface area contributed by atoms with Gasteiger partial charge in [0.2, 0.25) is 0 Å². The third-order valence-electron chi connectivity index (χ3n) is 1.63. The first kappa shape index (κ1) is 19.2. The van der Waals surface area contributed by atoms with Gasteiger partial charge < -0.3 is 4.79 Å². The summed E-state index contributed by atoms with van der Waals surface area (Å²) in [4.78, 5) is 10.2. The molecule has 0 N–H and O–H groups in total. The molecule has 0 heterocycles. The standard InChI is InChI=1S/C9H11O.2BrH.Co/c10-8-9-6-4-2-1-3-5-7-9;;;/h2,4,6H,1,3,5,7H2;2*1H;/q-1;;;. The Morgan fingerprint density at radius 2 is 1.92 bits per heavy atom. The molecular formula is C9H13Br2CoO-. The van der Waals surface area contributed by atoms with Gasteiger partial charge in [-0.2, -0.15) is 5.57 Å². The molecule has 79 valence electrons. The van der Waals surface area contributed by atoms with E-state index < -0.39 is 0 Å². The van der Waals surface area contributed by atoms with Crippen LogP contribution in [0, 0.1) is 0 Å². The minimum absolute atomic E-state index is 0. The average Bonchev–Trinajstić information content (AvgIpc) is 1.87. The van der Waals surface area contributed by atoms with Crippen LogP contribution in [0.4, 0.5) is 0 Å². The predicted octanol–water partition coefficient (Wildman–Crippen LogP) is 3.31. The summed E-state index contributed by atoms with van der Waals surface area (Å²) in [6, 6.07) is 0. The predicted molar refractivity (Wildman–Crippen MR) is 62.0 cm³/mol. The Hall–Kier alpha value is 0.616. The van der Waals surface area contributed by atoms with E-state index in [1.165, 1.54) is 6.42 Å². The van der Waals surface area contributed by atoms with Gasteiger partial charge in [-0.25, -0.2) is 6.08 Å². The first-order valence-corrected chi connectivity index (χ1v) is 3.67. The van der Waals surface area contributed by atoms with Crippen LogP contribution >= 0.6 is 34.0 Å². The molecule has 1 rings (SSSR count). The second kappa shape index (κ2) is 12.6. The Bertz CT molecular complexity index is 178. The Morgan fingerprint density at radius 1 is 1.23 bits per heavy atom. The molecule has 13 heavy (non-hydrogen) atoms. The van der Waals surface area contributed by atoms with Crippen LogP contribution in [0.25, 0.3) is 0 Å². The van der Waals surface area contributed by atoms with E-state index in [2.05, 4.69) is 6.08 Å². The van der Waals surface area contributed by atoms with Crippen LogP contribution in [0.1, 0.15) is 25.7 Å². The Kier molecular flexibility index (Phi) is 18.7. The third kappa shape index (κ3) is 8.93. The molecule has 0 bridgehead atoms. The van der Waals surface area contributed by atoms with Crippen LogP contribution in [-0.4, -0.2) is 6.29 Å². The molecule has 1 radical (unpaired) electrons. The molecular weight excluding hydrogens is 343 g/mol. The van der Waals surface area contributed by atoms with E-state index in [0.29, 0.717) is 0 Å².